The molecule has 5 nitrogen and oxygen atoms in total. The minimum absolute atomic E-state index is 0.368. The van der Waals surface area contributed by atoms with Crippen LogP contribution in [0.4, 0.5) is 0 Å². The van der Waals surface area contributed by atoms with Gasteiger partial charge >= 0.3 is 5.97 Å². The molecule has 0 heterocycles. The number of carbonyl (C=O) groups is 1. The van der Waals surface area contributed by atoms with E-state index in [4.69, 9.17) is 5.73 Å². The third kappa shape index (κ3) is 5.06. The second kappa shape index (κ2) is 7.02. The number of hydrogen-bond donors (Lipinski definition) is 2. The summed E-state index contributed by atoms with van der Waals surface area (Å²) in [5.74, 6) is -0.368. The molecule has 0 aliphatic carbocycles. The van der Waals surface area contributed by atoms with E-state index >= 15 is 0 Å². The normalized spacial score (nSPS) is 12.6. The van der Waals surface area contributed by atoms with Crippen molar-refractivity contribution in [3.8, 4) is 0 Å². The van der Waals surface area contributed by atoms with Crippen LogP contribution in [0.15, 0.2) is 0 Å². The molecular formula is C7H16N2O3. The van der Waals surface area contributed by atoms with Crippen LogP contribution in [-0.4, -0.2) is 32.8 Å². The van der Waals surface area contributed by atoms with Crippen molar-refractivity contribution < 1.29 is 14.4 Å². The molecule has 0 aromatic heterocycles. The lowest BCUT2D eigenvalue weighted by Crippen LogP contribution is -2.32. The lowest BCUT2D eigenvalue weighted by Gasteiger charge is -2.08. The number of hydrogen-bond acceptors (Lipinski definition) is 5. The minimum Gasteiger partial charge on any atom is -0.468 e. The average molecular weight is 176 g/mol. The summed E-state index contributed by atoms with van der Waals surface area (Å²) in [4.78, 5) is 15.4. The van der Waals surface area contributed by atoms with Crippen molar-refractivity contribution in [1.82, 2.24) is 5.48 Å². The number of ether oxygens (including phenoxy) is 1. The highest BCUT2D eigenvalue weighted by molar-refractivity contribution is 5.75. The Labute approximate surface area is 72.2 Å². The highest BCUT2D eigenvalue weighted by Crippen LogP contribution is 1.94. The van der Waals surface area contributed by atoms with E-state index in [2.05, 4.69) is 15.1 Å². The first kappa shape index (κ1) is 11.4. The zero-order valence-corrected chi connectivity index (χ0v) is 7.50. The second-order valence-corrected chi connectivity index (χ2v) is 2.37. The van der Waals surface area contributed by atoms with E-state index in [9.17, 15) is 4.79 Å². The van der Waals surface area contributed by atoms with Crippen molar-refractivity contribution >= 4 is 5.97 Å². The smallest absolute Gasteiger partial charge is 0.322 e. The van der Waals surface area contributed by atoms with Crippen molar-refractivity contribution in [1.29, 1.82) is 0 Å². The monoisotopic (exact) mass is 176 g/mol. The van der Waals surface area contributed by atoms with Crippen molar-refractivity contribution in [3.63, 3.8) is 0 Å². The zero-order valence-electron chi connectivity index (χ0n) is 7.50. The number of carbonyl (C=O) groups excluding carboxylic acids is 1. The Hall–Kier alpha value is -0.650. The van der Waals surface area contributed by atoms with E-state index in [1.54, 1.807) is 7.11 Å². The Morgan fingerprint density at radius 2 is 2.25 bits per heavy atom. The third-order valence-electron chi connectivity index (χ3n) is 1.44. The van der Waals surface area contributed by atoms with Gasteiger partial charge in [-0.05, 0) is 12.8 Å². The summed E-state index contributed by atoms with van der Waals surface area (Å²) in [7, 11) is 2.87. The molecule has 0 saturated heterocycles. The number of nitrogens with one attached hydrogen (secondary N) is 1. The molecule has 0 aliphatic heterocycles. The van der Waals surface area contributed by atoms with Crippen LogP contribution in [0.25, 0.3) is 0 Å². The summed E-state index contributed by atoms with van der Waals surface area (Å²) in [6.45, 7) is 0.682. The van der Waals surface area contributed by atoms with Gasteiger partial charge in [0, 0.05) is 6.54 Å². The molecule has 0 saturated carbocycles. The van der Waals surface area contributed by atoms with Gasteiger partial charge in [-0.15, -0.1) is 0 Å². The van der Waals surface area contributed by atoms with E-state index in [1.165, 1.54) is 7.11 Å². The average Bonchev–Trinajstić information content (AvgIpc) is 2.10. The van der Waals surface area contributed by atoms with Gasteiger partial charge in [-0.2, -0.15) is 0 Å². The molecule has 0 fully saturated rings. The first-order valence-corrected chi connectivity index (χ1v) is 3.81. The summed E-state index contributed by atoms with van der Waals surface area (Å²) < 4.78 is 4.45. The predicted molar refractivity (Wildman–Crippen MR) is 44.2 cm³/mol. The number of methoxy groups -OCH3 is 1. The molecule has 0 radical (unpaired) electrons. The fraction of sp³-hybridized carbons (Fsp3) is 0.857. The van der Waals surface area contributed by atoms with Crippen molar-refractivity contribution in [2.24, 2.45) is 5.73 Å². The summed E-state index contributed by atoms with van der Waals surface area (Å²) in [6.07, 6.45) is 1.38. The Morgan fingerprint density at radius 1 is 1.58 bits per heavy atom. The summed E-state index contributed by atoms with van der Waals surface area (Å²) in [6, 6.07) is -0.520. The molecule has 3 N–H and O–H groups in total. The van der Waals surface area contributed by atoms with E-state index in [0.29, 0.717) is 13.0 Å². The molecular weight excluding hydrogens is 160 g/mol. The maximum atomic E-state index is 10.8. The van der Waals surface area contributed by atoms with Crippen molar-refractivity contribution in [2.75, 3.05) is 20.8 Å². The number of rotatable bonds is 6. The number of hydroxylamine groups is 1. The van der Waals surface area contributed by atoms with Crippen molar-refractivity contribution in [3.05, 3.63) is 0 Å². The standard InChI is InChI=1S/C7H16N2O3/c1-11-7(10)6(8)4-3-5-9-12-2/h6,9H,3-5,8H2,1-2H3/t6-/m0/s1. The maximum absolute atomic E-state index is 10.8. The Bertz CT molecular complexity index is 130. The maximum Gasteiger partial charge on any atom is 0.322 e. The summed E-state index contributed by atoms with van der Waals surface area (Å²) in [5, 5.41) is 0. The topological polar surface area (TPSA) is 73.6 Å². The molecule has 12 heavy (non-hydrogen) atoms. The summed E-state index contributed by atoms with van der Waals surface area (Å²) in [5.41, 5.74) is 8.12. The molecule has 0 spiro atoms. The van der Waals surface area contributed by atoms with E-state index < -0.39 is 6.04 Å². The molecule has 1 atom stereocenters. The molecule has 0 aromatic rings. The van der Waals surface area contributed by atoms with Gasteiger partial charge in [0.2, 0.25) is 0 Å². The van der Waals surface area contributed by atoms with Crippen LogP contribution >= 0.6 is 0 Å². The summed E-state index contributed by atoms with van der Waals surface area (Å²) >= 11 is 0. The van der Waals surface area contributed by atoms with E-state index in [1.807, 2.05) is 0 Å². The first-order chi connectivity index (χ1) is 5.72. The van der Waals surface area contributed by atoms with Crippen LogP contribution in [0, 0.1) is 0 Å². The van der Waals surface area contributed by atoms with Crippen LogP contribution < -0.4 is 11.2 Å². The fourth-order valence-electron chi connectivity index (χ4n) is 0.765. The fourth-order valence-corrected chi connectivity index (χ4v) is 0.765. The van der Waals surface area contributed by atoms with Gasteiger partial charge < -0.3 is 15.3 Å². The molecule has 0 unspecified atom stereocenters. The highest BCUT2D eigenvalue weighted by Gasteiger charge is 2.11. The largest absolute Gasteiger partial charge is 0.468 e. The Balaban J connectivity index is 3.31. The lowest BCUT2D eigenvalue weighted by atomic mass is 10.2. The van der Waals surface area contributed by atoms with Gasteiger partial charge in [-0.3, -0.25) is 4.79 Å². The predicted octanol–water partition coefficient (Wildman–Crippen LogP) is -0.582. The van der Waals surface area contributed by atoms with Crippen LogP contribution in [0.2, 0.25) is 0 Å². The molecule has 0 bridgehead atoms. The highest BCUT2D eigenvalue weighted by atomic mass is 16.6. The van der Waals surface area contributed by atoms with E-state index in [0.717, 1.165) is 6.42 Å². The van der Waals surface area contributed by atoms with Crippen LogP contribution in [0.3, 0.4) is 0 Å². The molecule has 0 amide bonds. The van der Waals surface area contributed by atoms with Gasteiger partial charge in [0.25, 0.3) is 0 Å². The number of nitrogens with two attached hydrogens (primary N) is 1. The van der Waals surface area contributed by atoms with Crippen LogP contribution in [-0.2, 0) is 14.4 Å². The van der Waals surface area contributed by atoms with Gasteiger partial charge in [0.1, 0.15) is 6.04 Å². The quantitative estimate of drug-likeness (QED) is 0.322. The molecule has 0 aromatic carbocycles. The Morgan fingerprint density at radius 3 is 2.75 bits per heavy atom. The van der Waals surface area contributed by atoms with Gasteiger partial charge in [0.15, 0.2) is 0 Å². The third-order valence-corrected chi connectivity index (χ3v) is 1.44. The van der Waals surface area contributed by atoms with Gasteiger partial charge in [-0.25, -0.2) is 5.48 Å². The number of esters is 1. The van der Waals surface area contributed by atoms with Gasteiger partial charge in [0.05, 0.1) is 14.2 Å². The molecule has 72 valence electrons. The van der Waals surface area contributed by atoms with E-state index in [-0.39, 0.29) is 5.97 Å². The molecule has 0 rings (SSSR count). The Kier molecular flexibility index (Phi) is 6.64. The minimum atomic E-state index is -0.520. The van der Waals surface area contributed by atoms with Gasteiger partial charge in [-0.1, -0.05) is 0 Å². The molecule has 0 aliphatic rings. The van der Waals surface area contributed by atoms with Crippen LogP contribution in [0.5, 0.6) is 0 Å². The molecule has 5 heteroatoms. The lowest BCUT2D eigenvalue weighted by molar-refractivity contribution is -0.142. The first-order valence-electron chi connectivity index (χ1n) is 3.81. The zero-order chi connectivity index (χ0) is 9.40. The van der Waals surface area contributed by atoms with Crippen LogP contribution in [0.1, 0.15) is 12.8 Å². The second-order valence-electron chi connectivity index (χ2n) is 2.37. The SMILES string of the molecule is CONCCC[C@H](N)C(=O)OC. The van der Waals surface area contributed by atoms with Crippen molar-refractivity contribution in [2.45, 2.75) is 18.9 Å².